The molecule has 2 N–H and O–H groups in total. The summed E-state index contributed by atoms with van der Waals surface area (Å²) in [4.78, 5) is 26.4. The molecular formula is C17H22N2O3S. The Balaban J connectivity index is 1.45. The zero-order valence-corrected chi connectivity index (χ0v) is 14.0. The topological polar surface area (TPSA) is 69.6 Å². The van der Waals surface area contributed by atoms with Crippen molar-refractivity contribution in [2.75, 3.05) is 13.1 Å². The predicted molar refractivity (Wildman–Crippen MR) is 89.6 cm³/mol. The van der Waals surface area contributed by atoms with Gasteiger partial charge >= 0.3 is 5.97 Å². The number of carbonyl (C=O) groups is 2. The molecule has 1 unspecified atom stereocenters. The molecule has 1 aliphatic heterocycles. The van der Waals surface area contributed by atoms with E-state index in [-0.39, 0.29) is 29.8 Å². The average molecular weight is 334 g/mol. The van der Waals surface area contributed by atoms with Crippen LogP contribution >= 0.6 is 11.8 Å². The van der Waals surface area contributed by atoms with Gasteiger partial charge in [-0.2, -0.15) is 0 Å². The Kier molecular flexibility index (Phi) is 4.92. The van der Waals surface area contributed by atoms with E-state index in [2.05, 4.69) is 17.4 Å². The van der Waals surface area contributed by atoms with Crippen LogP contribution in [0.2, 0.25) is 0 Å². The number of thioether (sulfide) groups is 1. The van der Waals surface area contributed by atoms with Crippen molar-refractivity contribution in [2.45, 2.75) is 48.4 Å². The number of aliphatic carboxylic acids is 1. The molecule has 1 fully saturated rings. The summed E-state index contributed by atoms with van der Waals surface area (Å²) in [6.07, 6.45) is 2.48. The number of carboxylic acid groups (broad SMARTS) is 1. The smallest absolute Gasteiger partial charge is 0.317 e. The first-order valence-corrected chi connectivity index (χ1v) is 8.95. The molecule has 0 aromatic heterocycles. The molecule has 2 aliphatic rings. The van der Waals surface area contributed by atoms with Crippen molar-refractivity contribution in [3.05, 3.63) is 29.8 Å². The molecule has 1 aliphatic carbocycles. The van der Waals surface area contributed by atoms with E-state index in [1.807, 2.05) is 24.0 Å². The molecule has 3 rings (SSSR count). The first-order chi connectivity index (χ1) is 11.1. The van der Waals surface area contributed by atoms with E-state index < -0.39 is 5.97 Å². The highest BCUT2D eigenvalue weighted by atomic mass is 32.2. The van der Waals surface area contributed by atoms with Crippen LogP contribution in [0.3, 0.4) is 0 Å². The van der Waals surface area contributed by atoms with Gasteiger partial charge in [-0.15, -0.1) is 11.8 Å². The second-order valence-corrected chi connectivity index (χ2v) is 7.45. The van der Waals surface area contributed by atoms with Crippen LogP contribution in [0.5, 0.6) is 0 Å². The Morgan fingerprint density at radius 1 is 1.35 bits per heavy atom. The van der Waals surface area contributed by atoms with Gasteiger partial charge in [-0.1, -0.05) is 25.1 Å². The number of hydrogen-bond acceptors (Lipinski definition) is 4. The Hall–Kier alpha value is -1.53. The molecule has 0 bridgehead atoms. The minimum Gasteiger partial charge on any atom is -0.480 e. The van der Waals surface area contributed by atoms with Gasteiger partial charge in [0.25, 0.3) is 0 Å². The maximum absolute atomic E-state index is 12.4. The van der Waals surface area contributed by atoms with E-state index >= 15 is 0 Å². The van der Waals surface area contributed by atoms with Gasteiger partial charge in [0, 0.05) is 17.0 Å². The summed E-state index contributed by atoms with van der Waals surface area (Å²) in [6, 6.07) is 8.62. The summed E-state index contributed by atoms with van der Waals surface area (Å²) in [5.41, 5.74) is 1.25. The van der Waals surface area contributed by atoms with Crippen LogP contribution in [-0.4, -0.2) is 52.3 Å². The Morgan fingerprint density at radius 2 is 2.09 bits per heavy atom. The summed E-state index contributed by atoms with van der Waals surface area (Å²) in [5.74, 6) is -0.685. The number of fused-ring (bicyclic) bond motifs is 1. The average Bonchev–Trinajstić information content (AvgIpc) is 2.92. The molecule has 1 aromatic carbocycles. The molecule has 0 radical (unpaired) electrons. The minimum absolute atomic E-state index is 0.0345. The third kappa shape index (κ3) is 3.70. The van der Waals surface area contributed by atoms with Crippen molar-refractivity contribution in [2.24, 2.45) is 0 Å². The van der Waals surface area contributed by atoms with Gasteiger partial charge < -0.3 is 10.4 Å². The molecule has 0 saturated heterocycles. The van der Waals surface area contributed by atoms with Crippen molar-refractivity contribution in [3.63, 3.8) is 0 Å². The van der Waals surface area contributed by atoms with Crippen molar-refractivity contribution in [3.8, 4) is 0 Å². The van der Waals surface area contributed by atoms with Gasteiger partial charge in [0.15, 0.2) is 0 Å². The van der Waals surface area contributed by atoms with E-state index in [1.165, 1.54) is 10.5 Å². The van der Waals surface area contributed by atoms with Gasteiger partial charge in [-0.05, 0) is 37.4 Å². The lowest BCUT2D eigenvalue weighted by Crippen LogP contribution is -2.55. The van der Waals surface area contributed by atoms with Crippen LogP contribution in [0.25, 0.3) is 0 Å². The Morgan fingerprint density at radius 3 is 2.74 bits per heavy atom. The lowest BCUT2D eigenvalue weighted by atomic mass is 9.85. The number of nitrogens with zero attached hydrogens (tertiary/aromatic N) is 1. The summed E-state index contributed by atoms with van der Waals surface area (Å²) in [5, 5.41) is 12.0. The van der Waals surface area contributed by atoms with Gasteiger partial charge in [-0.25, -0.2) is 0 Å². The maximum atomic E-state index is 12.4. The number of amides is 1. The van der Waals surface area contributed by atoms with E-state index in [0.717, 1.165) is 25.8 Å². The molecule has 6 heteroatoms. The summed E-state index contributed by atoms with van der Waals surface area (Å²) in [6.45, 7) is 2.78. The van der Waals surface area contributed by atoms with Crippen molar-refractivity contribution in [1.29, 1.82) is 0 Å². The van der Waals surface area contributed by atoms with Crippen LogP contribution in [-0.2, 0) is 16.0 Å². The van der Waals surface area contributed by atoms with Crippen LogP contribution in [0.15, 0.2) is 29.2 Å². The second-order valence-electron chi connectivity index (χ2n) is 6.21. The highest BCUT2D eigenvalue weighted by Crippen LogP contribution is 2.37. The largest absolute Gasteiger partial charge is 0.480 e. The third-order valence-corrected chi connectivity index (χ3v) is 5.98. The van der Waals surface area contributed by atoms with Gasteiger partial charge in [0.2, 0.25) is 5.91 Å². The predicted octanol–water partition coefficient (Wildman–Crippen LogP) is 1.76. The van der Waals surface area contributed by atoms with Crippen molar-refractivity contribution >= 4 is 23.6 Å². The number of likely N-dealkylation sites (N-methyl/N-ethyl adjacent to an activating group) is 1. The molecule has 1 atom stereocenters. The van der Waals surface area contributed by atoms with E-state index in [9.17, 15) is 9.59 Å². The fourth-order valence-corrected chi connectivity index (χ4v) is 4.50. The lowest BCUT2D eigenvalue weighted by molar-refractivity contribution is -0.139. The monoisotopic (exact) mass is 334 g/mol. The quantitative estimate of drug-likeness (QED) is 0.829. The highest BCUT2D eigenvalue weighted by Gasteiger charge is 2.36. The number of hydrogen-bond donors (Lipinski definition) is 2. The molecule has 1 amide bonds. The van der Waals surface area contributed by atoms with Crippen LogP contribution in [0.4, 0.5) is 0 Å². The standard InChI is InChI=1S/C17H22N2O3S/c1-2-19(10-16(20)21)13-8-12(9-13)18-17(22)15-7-11-5-3-4-6-14(11)23-15/h3-6,12-13,15H,2,7-10H2,1H3,(H,18,22)(H,20,21). The summed E-state index contributed by atoms with van der Waals surface area (Å²) >= 11 is 1.64. The minimum atomic E-state index is -0.792. The molecule has 1 heterocycles. The van der Waals surface area contributed by atoms with Gasteiger partial charge in [-0.3, -0.25) is 14.5 Å². The molecule has 23 heavy (non-hydrogen) atoms. The number of rotatable bonds is 6. The van der Waals surface area contributed by atoms with Crippen molar-refractivity contribution < 1.29 is 14.7 Å². The fraction of sp³-hybridized carbons (Fsp3) is 0.529. The summed E-state index contributed by atoms with van der Waals surface area (Å²) in [7, 11) is 0. The van der Waals surface area contributed by atoms with E-state index in [0.29, 0.717) is 0 Å². The third-order valence-electron chi connectivity index (χ3n) is 4.66. The van der Waals surface area contributed by atoms with Crippen molar-refractivity contribution in [1.82, 2.24) is 10.2 Å². The lowest BCUT2D eigenvalue weighted by Gasteiger charge is -2.42. The van der Waals surface area contributed by atoms with E-state index in [4.69, 9.17) is 5.11 Å². The zero-order valence-electron chi connectivity index (χ0n) is 13.2. The van der Waals surface area contributed by atoms with Gasteiger partial charge in [0.1, 0.15) is 0 Å². The number of carbonyl (C=O) groups excluding carboxylic acids is 1. The second kappa shape index (κ2) is 6.93. The van der Waals surface area contributed by atoms with Crippen LogP contribution in [0.1, 0.15) is 25.3 Å². The van der Waals surface area contributed by atoms with Crippen LogP contribution < -0.4 is 5.32 Å². The molecule has 0 spiro atoms. The van der Waals surface area contributed by atoms with E-state index in [1.54, 1.807) is 11.8 Å². The molecular weight excluding hydrogens is 312 g/mol. The normalized spacial score (nSPS) is 25.7. The van der Waals surface area contributed by atoms with Crippen LogP contribution in [0, 0.1) is 0 Å². The van der Waals surface area contributed by atoms with Gasteiger partial charge in [0.05, 0.1) is 11.8 Å². The highest BCUT2D eigenvalue weighted by molar-refractivity contribution is 8.01. The Labute approximate surface area is 140 Å². The number of benzene rings is 1. The SMILES string of the molecule is CCN(CC(=O)O)C1CC(NC(=O)C2Cc3ccccc3S2)C1. The molecule has 1 saturated carbocycles. The fourth-order valence-electron chi connectivity index (χ4n) is 3.30. The molecule has 124 valence electrons. The Bertz CT molecular complexity index is 576. The summed E-state index contributed by atoms with van der Waals surface area (Å²) < 4.78 is 0. The number of nitrogens with one attached hydrogen (secondary N) is 1. The number of carboxylic acids is 1. The maximum Gasteiger partial charge on any atom is 0.317 e. The molecule has 5 nitrogen and oxygen atoms in total. The molecule has 1 aromatic rings. The first-order valence-electron chi connectivity index (χ1n) is 8.07. The first kappa shape index (κ1) is 16.3. The zero-order chi connectivity index (χ0) is 16.4.